The Balaban J connectivity index is 0.000000187. The summed E-state index contributed by atoms with van der Waals surface area (Å²) in [5.74, 6) is 1.86. The number of Topliss-reactive ketones (excluding diaryl/α,β-unsaturated/α-hetero) is 4. The summed E-state index contributed by atoms with van der Waals surface area (Å²) < 4.78 is 0. The van der Waals surface area contributed by atoms with Crippen LogP contribution >= 0.6 is 0 Å². The normalized spacial score (nSPS) is 22.6. The van der Waals surface area contributed by atoms with Crippen molar-refractivity contribution in [2.24, 2.45) is 0 Å². The smallest absolute Gasteiger partial charge is 0.132 e. The summed E-state index contributed by atoms with van der Waals surface area (Å²) in [6.07, 6.45) is 21.0. The number of carbonyl (C=O) groups is 4. The average Bonchev–Trinajstić information content (AvgIpc) is 2.72. The van der Waals surface area contributed by atoms with Gasteiger partial charge in [-0.3, -0.25) is 19.2 Å². The predicted octanol–water partition coefficient (Wildman–Crippen LogP) is 6.08. The molecular formula is C24H40O4. The van der Waals surface area contributed by atoms with Gasteiger partial charge in [-0.05, 0) is 51.4 Å². The molecule has 160 valence electrons. The van der Waals surface area contributed by atoms with Gasteiger partial charge < -0.3 is 0 Å². The molecule has 4 fully saturated rings. The second-order valence-electron chi connectivity index (χ2n) is 8.40. The first-order chi connectivity index (χ1) is 13.6. The molecule has 0 heterocycles. The Bertz CT molecular complexity index is 361. The zero-order valence-corrected chi connectivity index (χ0v) is 17.8. The molecule has 0 aromatic carbocycles. The lowest BCUT2D eigenvalue weighted by molar-refractivity contribution is -0.121. The molecule has 0 atom stereocenters. The van der Waals surface area contributed by atoms with E-state index in [-0.39, 0.29) is 0 Å². The van der Waals surface area contributed by atoms with Crippen molar-refractivity contribution >= 4 is 23.1 Å². The van der Waals surface area contributed by atoms with Crippen molar-refractivity contribution in [3.05, 3.63) is 0 Å². The molecule has 4 saturated carbocycles. The van der Waals surface area contributed by atoms with Crippen LogP contribution in [0.25, 0.3) is 0 Å². The predicted molar refractivity (Wildman–Crippen MR) is 112 cm³/mol. The van der Waals surface area contributed by atoms with E-state index < -0.39 is 0 Å². The Morgan fingerprint density at radius 3 is 0.464 bits per heavy atom. The van der Waals surface area contributed by atoms with E-state index >= 15 is 0 Å². The SMILES string of the molecule is O=C1CCCCC1.O=C1CCCCC1.O=C1CCCCC1.O=C1CCCCC1. The molecule has 0 radical (unpaired) electrons. The molecule has 0 aromatic heterocycles. The summed E-state index contributed by atoms with van der Waals surface area (Å²) in [5, 5.41) is 0. The largest absolute Gasteiger partial charge is 0.300 e. The van der Waals surface area contributed by atoms with Crippen LogP contribution in [0.5, 0.6) is 0 Å². The highest BCUT2D eigenvalue weighted by atomic mass is 16.1. The van der Waals surface area contributed by atoms with Gasteiger partial charge in [0.05, 0.1) is 0 Å². The van der Waals surface area contributed by atoms with Crippen molar-refractivity contribution in [1.82, 2.24) is 0 Å². The highest BCUT2D eigenvalue weighted by Gasteiger charge is 2.07. The van der Waals surface area contributed by atoms with Crippen molar-refractivity contribution in [2.75, 3.05) is 0 Å². The lowest BCUT2D eigenvalue weighted by Crippen LogP contribution is -2.02. The molecule has 4 heteroatoms. The molecule has 0 spiro atoms. The highest BCUT2D eigenvalue weighted by molar-refractivity contribution is 5.79. The van der Waals surface area contributed by atoms with Gasteiger partial charge in [0, 0.05) is 51.4 Å². The first-order valence-electron chi connectivity index (χ1n) is 11.6. The molecule has 0 N–H and O–H groups in total. The monoisotopic (exact) mass is 392 g/mol. The fourth-order valence-corrected chi connectivity index (χ4v) is 3.78. The molecule has 0 amide bonds. The van der Waals surface area contributed by atoms with Gasteiger partial charge in [0.15, 0.2) is 0 Å². The Morgan fingerprint density at radius 2 is 0.393 bits per heavy atom. The molecule has 4 nitrogen and oxygen atoms in total. The molecule has 4 rings (SSSR count). The molecule has 4 aliphatic rings. The van der Waals surface area contributed by atoms with Gasteiger partial charge in [-0.25, -0.2) is 0 Å². The Kier molecular flexibility index (Phi) is 14.7. The summed E-state index contributed by atoms with van der Waals surface area (Å²) in [4.78, 5) is 41.9. The number of carbonyl (C=O) groups excluding carboxylic acids is 4. The summed E-state index contributed by atoms with van der Waals surface area (Å²) in [7, 11) is 0. The summed E-state index contributed by atoms with van der Waals surface area (Å²) in [5.41, 5.74) is 0. The van der Waals surface area contributed by atoms with Gasteiger partial charge in [0.25, 0.3) is 0 Å². The molecule has 0 aromatic rings. The topological polar surface area (TPSA) is 68.3 Å². The molecule has 4 aliphatic carbocycles. The van der Waals surface area contributed by atoms with Crippen LogP contribution in [0.3, 0.4) is 0 Å². The van der Waals surface area contributed by atoms with E-state index in [4.69, 9.17) is 0 Å². The maximum Gasteiger partial charge on any atom is 0.132 e. The molecule has 0 unspecified atom stereocenters. The standard InChI is InChI=1S/4C6H10O/c4*7-6-4-2-1-3-5-6/h4*1-5H2. The quantitative estimate of drug-likeness (QED) is 0.501. The number of hydrogen-bond acceptors (Lipinski definition) is 4. The van der Waals surface area contributed by atoms with Gasteiger partial charge in [0.1, 0.15) is 23.1 Å². The Labute approximate surface area is 171 Å². The first kappa shape index (κ1) is 24.7. The van der Waals surface area contributed by atoms with Crippen LogP contribution in [0.1, 0.15) is 128 Å². The van der Waals surface area contributed by atoms with Gasteiger partial charge in [-0.2, -0.15) is 0 Å². The van der Waals surface area contributed by atoms with Crippen LogP contribution in [0.2, 0.25) is 0 Å². The van der Waals surface area contributed by atoms with Crippen molar-refractivity contribution in [1.29, 1.82) is 0 Å². The highest BCUT2D eigenvalue weighted by Crippen LogP contribution is 2.14. The molecule has 0 saturated heterocycles. The van der Waals surface area contributed by atoms with Crippen molar-refractivity contribution < 1.29 is 19.2 Å². The summed E-state index contributed by atoms with van der Waals surface area (Å²) >= 11 is 0. The Hall–Kier alpha value is -1.32. The molecule has 0 aliphatic heterocycles. The fourth-order valence-electron chi connectivity index (χ4n) is 3.78. The fraction of sp³-hybridized carbons (Fsp3) is 0.833. The second kappa shape index (κ2) is 16.6. The van der Waals surface area contributed by atoms with E-state index in [1.165, 1.54) is 25.7 Å². The summed E-state index contributed by atoms with van der Waals surface area (Å²) in [6.45, 7) is 0. The molecule has 28 heavy (non-hydrogen) atoms. The number of rotatable bonds is 0. The maximum atomic E-state index is 10.5. The van der Waals surface area contributed by atoms with Crippen molar-refractivity contribution in [3.8, 4) is 0 Å². The van der Waals surface area contributed by atoms with Crippen LogP contribution in [0, 0.1) is 0 Å². The minimum Gasteiger partial charge on any atom is -0.300 e. The lowest BCUT2D eigenvalue weighted by Gasteiger charge is -2.05. The summed E-state index contributed by atoms with van der Waals surface area (Å²) in [6, 6.07) is 0. The maximum absolute atomic E-state index is 10.5. The van der Waals surface area contributed by atoms with Gasteiger partial charge in [-0.15, -0.1) is 0 Å². The van der Waals surface area contributed by atoms with E-state index in [0.717, 1.165) is 103 Å². The third kappa shape index (κ3) is 14.7. The van der Waals surface area contributed by atoms with Crippen molar-refractivity contribution in [3.63, 3.8) is 0 Å². The number of ketones is 4. The first-order valence-corrected chi connectivity index (χ1v) is 11.6. The van der Waals surface area contributed by atoms with E-state index in [1.54, 1.807) is 0 Å². The molecular weight excluding hydrogens is 352 g/mol. The van der Waals surface area contributed by atoms with Crippen LogP contribution in [-0.2, 0) is 19.2 Å². The average molecular weight is 393 g/mol. The third-order valence-electron chi connectivity index (χ3n) is 5.64. The minimum atomic E-state index is 0.464. The molecule has 0 bridgehead atoms. The van der Waals surface area contributed by atoms with Crippen LogP contribution in [0.15, 0.2) is 0 Å². The zero-order chi connectivity index (χ0) is 20.5. The van der Waals surface area contributed by atoms with E-state index in [9.17, 15) is 19.2 Å². The van der Waals surface area contributed by atoms with Crippen LogP contribution in [-0.4, -0.2) is 23.1 Å². The van der Waals surface area contributed by atoms with Crippen molar-refractivity contribution in [2.45, 2.75) is 128 Å². The van der Waals surface area contributed by atoms with Gasteiger partial charge in [0.2, 0.25) is 0 Å². The third-order valence-corrected chi connectivity index (χ3v) is 5.64. The van der Waals surface area contributed by atoms with Crippen LogP contribution in [0.4, 0.5) is 0 Å². The zero-order valence-electron chi connectivity index (χ0n) is 17.8. The lowest BCUT2D eigenvalue weighted by atomic mass is 10.00. The van der Waals surface area contributed by atoms with Gasteiger partial charge in [-0.1, -0.05) is 25.7 Å². The van der Waals surface area contributed by atoms with Crippen LogP contribution < -0.4 is 0 Å². The van der Waals surface area contributed by atoms with E-state index in [0.29, 0.717) is 23.1 Å². The minimum absolute atomic E-state index is 0.464. The van der Waals surface area contributed by atoms with E-state index in [1.807, 2.05) is 0 Å². The number of hydrogen-bond donors (Lipinski definition) is 0. The second-order valence-corrected chi connectivity index (χ2v) is 8.40. The van der Waals surface area contributed by atoms with Gasteiger partial charge >= 0.3 is 0 Å². The Morgan fingerprint density at radius 1 is 0.250 bits per heavy atom. The van der Waals surface area contributed by atoms with E-state index in [2.05, 4.69) is 0 Å².